The molecule has 1 aliphatic rings. The van der Waals surface area contributed by atoms with Gasteiger partial charge in [0.1, 0.15) is 19.8 Å². The molecule has 1 aliphatic heterocycles. The Morgan fingerprint density at radius 3 is 2.70 bits per heavy atom. The second kappa shape index (κ2) is 3.18. The fourth-order valence-corrected chi connectivity index (χ4v) is 1.72. The minimum Gasteiger partial charge on any atom is -0.242 e. The van der Waals surface area contributed by atoms with Crippen LogP contribution in [-0.2, 0) is 0 Å². The SMILES string of the molecule is CC(C)CC1CC=[N+](C)C1. The molecule has 1 rings (SSSR count). The van der Waals surface area contributed by atoms with E-state index in [1.165, 1.54) is 19.4 Å². The van der Waals surface area contributed by atoms with Crippen LogP contribution in [-0.4, -0.2) is 24.4 Å². The average Bonchev–Trinajstić information content (AvgIpc) is 2.13. The van der Waals surface area contributed by atoms with Gasteiger partial charge in [0, 0.05) is 12.3 Å². The third-order valence-corrected chi connectivity index (χ3v) is 2.10. The lowest BCUT2D eigenvalue weighted by atomic mass is 9.96. The molecule has 0 fully saturated rings. The first-order chi connectivity index (χ1) is 4.68. The van der Waals surface area contributed by atoms with Gasteiger partial charge in [-0.25, -0.2) is 4.58 Å². The van der Waals surface area contributed by atoms with Crippen LogP contribution < -0.4 is 0 Å². The van der Waals surface area contributed by atoms with Crippen molar-refractivity contribution in [3.05, 3.63) is 0 Å². The van der Waals surface area contributed by atoms with Gasteiger partial charge in [0.25, 0.3) is 0 Å². The van der Waals surface area contributed by atoms with Gasteiger partial charge in [-0.1, -0.05) is 13.8 Å². The summed E-state index contributed by atoms with van der Waals surface area (Å²) in [6.45, 7) is 5.88. The van der Waals surface area contributed by atoms with Gasteiger partial charge >= 0.3 is 0 Å². The quantitative estimate of drug-likeness (QED) is 0.514. The average molecular weight is 140 g/mol. The van der Waals surface area contributed by atoms with E-state index in [9.17, 15) is 0 Å². The van der Waals surface area contributed by atoms with E-state index >= 15 is 0 Å². The molecule has 58 valence electrons. The molecule has 1 heterocycles. The predicted octanol–water partition coefficient (Wildman–Crippen LogP) is 1.77. The molecule has 0 radical (unpaired) electrons. The summed E-state index contributed by atoms with van der Waals surface area (Å²) in [5.41, 5.74) is 0. The van der Waals surface area contributed by atoms with Gasteiger partial charge in [-0.05, 0) is 12.3 Å². The van der Waals surface area contributed by atoms with E-state index in [-0.39, 0.29) is 0 Å². The summed E-state index contributed by atoms with van der Waals surface area (Å²) in [6.07, 6.45) is 5.00. The van der Waals surface area contributed by atoms with Crippen LogP contribution in [0.25, 0.3) is 0 Å². The number of hydrogen-bond donors (Lipinski definition) is 0. The standard InChI is InChI=1S/C9H18N/c1-8(2)6-9-4-5-10(3)7-9/h5,8-9H,4,6-7H2,1-3H3/q+1. The van der Waals surface area contributed by atoms with Crippen molar-refractivity contribution in [2.75, 3.05) is 13.6 Å². The van der Waals surface area contributed by atoms with Crippen LogP contribution in [0.5, 0.6) is 0 Å². The lowest BCUT2D eigenvalue weighted by Crippen LogP contribution is -2.09. The lowest BCUT2D eigenvalue weighted by Gasteiger charge is -2.07. The van der Waals surface area contributed by atoms with Crippen molar-refractivity contribution >= 4 is 6.21 Å². The summed E-state index contributed by atoms with van der Waals surface area (Å²) in [4.78, 5) is 0. The topological polar surface area (TPSA) is 3.01 Å². The molecule has 0 saturated heterocycles. The largest absolute Gasteiger partial charge is 0.242 e. The van der Waals surface area contributed by atoms with Crippen molar-refractivity contribution in [1.82, 2.24) is 0 Å². The highest BCUT2D eigenvalue weighted by atomic mass is 15.0. The third kappa shape index (κ3) is 2.13. The lowest BCUT2D eigenvalue weighted by molar-refractivity contribution is -0.490. The highest BCUT2D eigenvalue weighted by molar-refractivity contribution is 5.52. The van der Waals surface area contributed by atoms with Crippen LogP contribution in [0.2, 0.25) is 0 Å². The first kappa shape index (κ1) is 7.77. The molecular weight excluding hydrogens is 122 g/mol. The predicted molar refractivity (Wildman–Crippen MR) is 44.7 cm³/mol. The van der Waals surface area contributed by atoms with E-state index in [4.69, 9.17) is 0 Å². The summed E-state index contributed by atoms with van der Waals surface area (Å²) < 4.78 is 2.31. The molecule has 1 unspecified atom stereocenters. The minimum absolute atomic E-state index is 0.866. The monoisotopic (exact) mass is 140 g/mol. The summed E-state index contributed by atoms with van der Waals surface area (Å²) in [5, 5.41) is 0. The van der Waals surface area contributed by atoms with Crippen molar-refractivity contribution in [2.24, 2.45) is 11.8 Å². The van der Waals surface area contributed by atoms with Crippen LogP contribution in [0.3, 0.4) is 0 Å². The molecule has 1 heteroatoms. The zero-order chi connectivity index (χ0) is 7.56. The number of rotatable bonds is 2. The molecule has 0 bridgehead atoms. The number of hydrogen-bond acceptors (Lipinski definition) is 0. The van der Waals surface area contributed by atoms with Crippen molar-refractivity contribution < 1.29 is 4.58 Å². The van der Waals surface area contributed by atoms with Crippen LogP contribution in [0.1, 0.15) is 26.7 Å². The van der Waals surface area contributed by atoms with Gasteiger partial charge in [-0.2, -0.15) is 0 Å². The molecule has 0 spiro atoms. The molecular formula is C9H18N+. The van der Waals surface area contributed by atoms with E-state index in [2.05, 4.69) is 31.7 Å². The Morgan fingerprint density at radius 1 is 1.60 bits per heavy atom. The van der Waals surface area contributed by atoms with Crippen LogP contribution in [0.15, 0.2) is 0 Å². The van der Waals surface area contributed by atoms with Gasteiger partial charge in [0.15, 0.2) is 0 Å². The minimum atomic E-state index is 0.866. The molecule has 10 heavy (non-hydrogen) atoms. The first-order valence-electron chi connectivity index (χ1n) is 4.22. The third-order valence-electron chi connectivity index (χ3n) is 2.10. The summed E-state index contributed by atoms with van der Waals surface area (Å²) in [5.74, 6) is 1.80. The highest BCUT2D eigenvalue weighted by Gasteiger charge is 2.20. The smallest absolute Gasteiger partial charge is 0.145 e. The maximum atomic E-state index is 2.31. The van der Waals surface area contributed by atoms with E-state index in [0.717, 1.165) is 11.8 Å². The van der Waals surface area contributed by atoms with Gasteiger partial charge in [0.2, 0.25) is 0 Å². The molecule has 0 amide bonds. The van der Waals surface area contributed by atoms with E-state index in [0.29, 0.717) is 0 Å². The Bertz CT molecular complexity index is 136. The Balaban J connectivity index is 2.23. The Labute approximate surface area is 63.8 Å². The maximum Gasteiger partial charge on any atom is 0.145 e. The molecule has 1 nitrogen and oxygen atoms in total. The van der Waals surface area contributed by atoms with Crippen LogP contribution in [0.4, 0.5) is 0 Å². The van der Waals surface area contributed by atoms with E-state index in [1.807, 2.05) is 0 Å². The summed E-state index contributed by atoms with van der Waals surface area (Å²) in [6, 6.07) is 0. The van der Waals surface area contributed by atoms with Crippen LogP contribution >= 0.6 is 0 Å². The Kier molecular flexibility index (Phi) is 2.47. The second-order valence-electron chi connectivity index (χ2n) is 3.85. The Hall–Kier alpha value is -0.330. The normalized spacial score (nSPS) is 25.6. The Morgan fingerprint density at radius 2 is 2.30 bits per heavy atom. The zero-order valence-electron chi connectivity index (χ0n) is 7.30. The fraction of sp³-hybridized carbons (Fsp3) is 0.889. The van der Waals surface area contributed by atoms with Gasteiger partial charge < -0.3 is 0 Å². The maximum absolute atomic E-state index is 2.31. The highest BCUT2D eigenvalue weighted by Crippen LogP contribution is 2.17. The van der Waals surface area contributed by atoms with E-state index < -0.39 is 0 Å². The van der Waals surface area contributed by atoms with Crippen molar-refractivity contribution in [2.45, 2.75) is 26.7 Å². The molecule has 0 aromatic carbocycles. The fourth-order valence-electron chi connectivity index (χ4n) is 1.72. The first-order valence-corrected chi connectivity index (χ1v) is 4.22. The van der Waals surface area contributed by atoms with Gasteiger partial charge in [0.05, 0.1) is 0 Å². The number of nitrogens with zero attached hydrogens (tertiary/aromatic N) is 1. The molecule has 0 aromatic heterocycles. The van der Waals surface area contributed by atoms with Crippen molar-refractivity contribution in [3.63, 3.8) is 0 Å². The van der Waals surface area contributed by atoms with Crippen molar-refractivity contribution in [3.8, 4) is 0 Å². The van der Waals surface area contributed by atoms with Crippen molar-refractivity contribution in [1.29, 1.82) is 0 Å². The second-order valence-corrected chi connectivity index (χ2v) is 3.85. The molecule has 0 saturated carbocycles. The van der Waals surface area contributed by atoms with Gasteiger partial charge in [-0.15, -0.1) is 0 Å². The van der Waals surface area contributed by atoms with Gasteiger partial charge in [-0.3, -0.25) is 0 Å². The van der Waals surface area contributed by atoms with Crippen LogP contribution in [0, 0.1) is 11.8 Å². The molecule has 1 atom stereocenters. The van der Waals surface area contributed by atoms with E-state index in [1.54, 1.807) is 0 Å². The summed E-state index contributed by atoms with van der Waals surface area (Å²) >= 11 is 0. The molecule has 0 aliphatic carbocycles. The molecule has 0 aromatic rings. The zero-order valence-corrected chi connectivity index (χ0v) is 7.30. The molecule has 0 N–H and O–H groups in total. The summed E-state index contributed by atoms with van der Waals surface area (Å²) in [7, 11) is 2.17.